The fourth-order valence-corrected chi connectivity index (χ4v) is 4.21. The molecule has 2 unspecified atom stereocenters. The number of nitrogens with zero attached hydrogens (tertiary/aromatic N) is 1. The Morgan fingerprint density at radius 2 is 1.71 bits per heavy atom. The van der Waals surface area contributed by atoms with Gasteiger partial charge in [0.25, 0.3) is 5.91 Å². The first-order valence-electron chi connectivity index (χ1n) is 8.21. The molecule has 1 saturated carbocycles. The molecule has 3 N–H and O–H groups in total. The lowest BCUT2D eigenvalue weighted by Crippen LogP contribution is -2.55. The number of amides is 4. The number of imide groups is 1. The number of carbonyl (C=O) groups excluding carboxylic acids is 3. The predicted octanol–water partition coefficient (Wildman–Crippen LogP) is 0.324. The molecule has 2 heterocycles. The van der Waals surface area contributed by atoms with Crippen molar-refractivity contribution in [1.82, 2.24) is 15.5 Å². The second-order valence-electron chi connectivity index (χ2n) is 7.95. The number of rotatable bonds is 3. The molecule has 0 aromatic rings. The van der Waals surface area contributed by atoms with E-state index in [-0.39, 0.29) is 17.7 Å². The van der Waals surface area contributed by atoms with E-state index in [1.54, 1.807) is 25.7 Å². The maximum atomic E-state index is 12.8. The van der Waals surface area contributed by atoms with Gasteiger partial charge in [-0.1, -0.05) is 13.8 Å². The highest BCUT2D eigenvalue weighted by molar-refractivity contribution is 6.07. The monoisotopic (exact) mass is 337 g/mol. The van der Waals surface area contributed by atoms with E-state index in [1.807, 2.05) is 0 Å². The Labute approximate surface area is 139 Å². The van der Waals surface area contributed by atoms with Gasteiger partial charge in [0, 0.05) is 13.1 Å². The predicted molar refractivity (Wildman–Crippen MR) is 82.9 cm³/mol. The summed E-state index contributed by atoms with van der Waals surface area (Å²) in [6, 6.07) is -0.495. The summed E-state index contributed by atoms with van der Waals surface area (Å²) < 4.78 is 0. The first-order valence-corrected chi connectivity index (χ1v) is 8.21. The van der Waals surface area contributed by atoms with Crippen LogP contribution in [0.5, 0.6) is 0 Å². The zero-order valence-corrected chi connectivity index (χ0v) is 14.1. The Bertz CT molecular complexity index is 638. The number of hydrogen-bond acceptors (Lipinski definition) is 4. The molecule has 2 aliphatic heterocycles. The van der Waals surface area contributed by atoms with E-state index >= 15 is 0 Å². The molecule has 3 rings (SSSR count). The third-order valence-electron chi connectivity index (χ3n) is 6.14. The third kappa shape index (κ3) is 2.12. The van der Waals surface area contributed by atoms with Crippen LogP contribution < -0.4 is 10.6 Å². The van der Waals surface area contributed by atoms with Crippen molar-refractivity contribution in [1.29, 1.82) is 0 Å². The lowest BCUT2D eigenvalue weighted by Gasteiger charge is -2.39. The van der Waals surface area contributed by atoms with Gasteiger partial charge in [-0.05, 0) is 37.5 Å². The van der Waals surface area contributed by atoms with E-state index in [0.717, 1.165) is 0 Å². The molecule has 1 aliphatic carbocycles. The van der Waals surface area contributed by atoms with E-state index in [0.29, 0.717) is 32.4 Å². The molecule has 2 atom stereocenters. The fourth-order valence-electron chi connectivity index (χ4n) is 4.21. The first kappa shape index (κ1) is 16.7. The van der Waals surface area contributed by atoms with Crippen LogP contribution in [0, 0.1) is 16.7 Å². The average Bonchev–Trinajstić information content (AvgIpc) is 3.00. The van der Waals surface area contributed by atoms with Gasteiger partial charge in [-0.3, -0.25) is 19.7 Å². The van der Waals surface area contributed by atoms with E-state index in [2.05, 4.69) is 10.6 Å². The SMILES string of the molecule is CC1(C2CCN(C(=O)C3(C(=O)O)CC3(C)C)CC2)NC(=O)NC1=O. The lowest BCUT2D eigenvalue weighted by molar-refractivity contribution is -0.156. The van der Waals surface area contributed by atoms with Crippen LogP contribution in [0.4, 0.5) is 4.79 Å². The number of aliphatic carboxylic acids is 1. The van der Waals surface area contributed by atoms with Crippen molar-refractivity contribution in [3.8, 4) is 0 Å². The number of likely N-dealkylation sites (tertiary alicyclic amines) is 1. The van der Waals surface area contributed by atoms with Crippen LogP contribution in [-0.2, 0) is 14.4 Å². The number of urea groups is 1. The van der Waals surface area contributed by atoms with Crippen LogP contribution in [0.3, 0.4) is 0 Å². The second kappa shape index (κ2) is 4.94. The van der Waals surface area contributed by atoms with Crippen molar-refractivity contribution in [2.45, 2.75) is 45.6 Å². The van der Waals surface area contributed by atoms with Gasteiger partial charge in [0.1, 0.15) is 5.54 Å². The van der Waals surface area contributed by atoms with Crippen molar-refractivity contribution in [2.75, 3.05) is 13.1 Å². The van der Waals surface area contributed by atoms with Crippen LogP contribution >= 0.6 is 0 Å². The molecule has 0 bridgehead atoms. The highest BCUT2D eigenvalue weighted by atomic mass is 16.4. The van der Waals surface area contributed by atoms with Crippen LogP contribution in [0.2, 0.25) is 0 Å². The van der Waals surface area contributed by atoms with Gasteiger partial charge < -0.3 is 15.3 Å². The molecule has 0 aromatic heterocycles. The maximum Gasteiger partial charge on any atom is 0.322 e. The molecule has 8 heteroatoms. The van der Waals surface area contributed by atoms with Crippen LogP contribution in [0.1, 0.15) is 40.0 Å². The maximum absolute atomic E-state index is 12.8. The minimum Gasteiger partial charge on any atom is -0.480 e. The lowest BCUT2D eigenvalue weighted by atomic mass is 9.78. The Morgan fingerprint density at radius 1 is 1.17 bits per heavy atom. The van der Waals surface area contributed by atoms with Crippen molar-refractivity contribution < 1.29 is 24.3 Å². The highest BCUT2D eigenvalue weighted by Gasteiger charge is 2.72. The zero-order valence-electron chi connectivity index (χ0n) is 14.1. The van der Waals surface area contributed by atoms with E-state index in [4.69, 9.17) is 0 Å². The van der Waals surface area contributed by atoms with Gasteiger partial charge in [0.15, 0.2) is 5.41 Å². The molecule has 4 amide bonds. The van der Waals surface area contributed by atoms with Gasteiger partial charge in [0.2, 0.25) is 5.91 Å². The molecule has 3 aliphatic rings. The number of carbonyl (C=O) groups is 4. The van der Waals surface area contributed by atoms with Crippen molar-refractivity contribution in [2.24, 2.45) is 16.7 Å². The topological polar surface area (TPSA) is 116 Å². The summed E-state index contributed by atoms with van der Waals surface area (Å²) in [6.07, 6.45) is 1.45. The van der Waals surface area contributed by atoms with E-state index in [9.17, 15) is 24.3 Å². The van der Waals surface area contributed by atoms with Crippen molar-refractivity contribution in [3.63, 3.8) is 0 Å². The molecule has 132 valence electrons. The molecule has 8 nitrogen and oxygen atoms in total. The molecule has 0 spiro atoms. The summed E-state index contributed by atoms with van der Waals surface area (Å²) in [5.74, 6) is -1.82. The number of nitrogens with one attached hydrogen (secondary N) is 2. The summed E-state index contributed by atoms with van der Waals surface area (Å²) in [5, 5.41) is 14.4. The quantitative estimate of drug-likeness (QED) is 0.507. The number of hydrogen-bond donors (Lipinski definition) is 3. The Morgan fingerprint density at radius 3 is 2.08 bits per heavy atom. The molecule has 24 heavy (non-hydrogen) atoms. The summed E-state index contributed by atoms with van der Waals surface area (Å²) in [6.45, 7) is 6.08. The Kier molecular flexibility index (Phi) is 3.44. The summed E-state index contributed by atoms with van der Waals surface area (Å²) in [5.41, 5.74) is -2.81. The van der Waals surface area contributed by atoms with Gasteiger partial charge in [-0.2, -0.15) is 0 Å². The minimum atomic E-state index is -1.32. The smallest absolute Gasteiger partial charge is 0.322 e. The normalized spacial score (nSPS) is 35.4. The van der Waals surface area contributed by atoms with E-state index < -0.39 is 28.4 Å². The number of piperidine rings is 1. The van der Waals surface area contributed by atoms with Gasteiger partial charge in [-0.25, -0.2) is 4.79 Å². The molecule has 0 radical (unpaired) electrons. The zero-order chi connectivity index (χ0) is 17.9. The fraction of sp³-hybridized carbons (Fsp3) is 0.750. The first-order chi connectivity index (χ1) is 11.0. The summed E-state index contributed by atoms with van der Waals surface area (Å²) in [4.78, 5) is 49.4. The molecule has 2 saturated heterocycles. The number of carboxylic acid groups (broad SMARTS) is 1. The third-order valence-corrected chi connectivity index (χ3v) is 6.14. The van der Waals surface area contributed by atoms with Gasteiger partial charge >= 0.3 is 12.0 Å². The Hall–Kier alpha value is -2.12. The molecular formula is C16H23N3O5. The van der Waals surface area contributed by atoms with E-state index in [1.165, 1.54) is 0 Å². The van der Waals surface area contributed by atoms with Crippen LogP contribution in [0.25, 0.3) is 0 Å². The molecule has 0 aromatic carbocycles. The number of carboxylic acids is 1. The Balaban J connectivity index is 1.68. The highest BCUT2D eigenvalue weighted by Crippen LogP contribution is 2.64. The van der Waals surface area contributed by atoms with Gasteiger partial charge in [0.05, 0.1) is 0 Å². The largest absolute Gasteiger partial charge is 0.480 e. The van der Waals surface area contributed by atoms with Crippen molar-refractivity contribution in [3.05, 3.63) is 0 Å². The second-order valence-corrected chi connectivity index (χ2v) is 7.95. The van der Waals surface area contributed by atoms with Crippen LogP contribution in [-0.4, -0.2) is 52.4 Å². The van der Waals surface area contributed by atoms with Crippen LogP contribution in [0.15, 0.2) is 0 Å². The van der Waals surface area contributed by atoms with Crippen molar-refractivity contribution >= 4 is 23.8 Å². The summed E-state index contributed by atoms with van der Waals surface area (Å²) >= 11 is 0. The van der Waals surface area contributed by atoms with Gasteiger partial charge in [-0.15, -0.1) is 0 Å². The molecular weight excluding hydrogens is 314 g/mol. The standard InChI is InChI=1S/C16H23N3O5/c1-14(2)8-16(14,12(22)23)11(21)19-6-4-9(5-7-19)15(3)10(20)17-13(24)18-15/h9H,4-8H2,1-3H3,(H,22,23)(H2,17,18,20,24). The minimum absolute atomic E-state index is 0.0824. The summed E-state index contributed by atoms with van der Waals surface area (Å²) in [7, 11) is 0. The average molecular weight is 337 g/mol. The molecule has 3 fully saturated rings.